The Kier molecular flexibility index (Phi) is 17.3. The average molecular weight is 627 g/mol. The second-order valence-corrected chi connectivity index (χ2v) is 10.1. The molecule has 0 aliphatic rings. The van der Waals surface area contributed by atoms with Crippen molar-refractivity contribution >= 4 is 30.7 Å². The first-order valence-electron chi connectivity index (χ1n) is 13.9. The van der Waals surface area contributed by atoms with Crippen LogP contribution in [-0.2, 0) is 19.5 Å². The largest absolute Gasteiger partial charge is 0.497 e. The van der Waals surface area contributed by atoms with Crippen molar-refractivity contribution in [2.45, 2.75) is 58.3 Å². The molecule has 3 N–H and O–H groups in total. The number of halogens is 4. The molecule has 0 bridgehead atoms. The Morgan fingerprint density at radius 3 is 2.19 bits per heavy atom. The number of rotatable bonds is 16. The number of methoxy groups -OCH3 is 1. The van der Waals surface area contributed by atoms with Gasteiger partial charge in [0.1, 0.15) is 17.4 Å². The smallest absolute Gasteiger partial charge is 0.251 e. The van der Waals surface area contributed by atoms with Crippen molar-refractivity contribution in [3.63, 3.8) is 0 Å². The van der Waals surface area contributed by atoms with Crippen LogP contribution >= 0.6 is 24.8 Å². The lowest BCUT2D eigenvalue weighted by Gasteiger charge is -2.25. The molecule has 0 saturated carbocycles. The molecule has 0 radical (unpaired) electrons. The lowest BCUT2D eigenvalue weighted by Crippen LogP contribution is -2.48. The van der Waals surface area contributed by atoms with Crippen LogP contribution < -0.4 is 15.4 Å². The van der Waals surface area contributed by atoms with Crippen LogP contribution in [0.2, 0.25) is 0 Å². The maximum absolute atomic E-state index is 13.9. The van der Waals surface area contributed by atoms with Crippen LogP contribution in [0.5, 0.6) is 5.75 Å². The quantitative estimate of drug-likeness (QED) is 0.184. The van der Waals surface area contributed by atoms with E-state index in [1.54, 1.807) is 13.2 Å². The molecular formula is C32H43Cl2F2N3O3. The van der Waals surface area contributed by atoms with Gasteiger partial charge in [-0.25, -0.2) is 8.78 Å². The van der Waals surface area contributed by atoms with E-state index in [2.05, 4.69) is 29.4 Å². The maximum atomic E-state index is 13.9. The molecule has 1 amide bonds. The summed E-state index contributed by atoms with van der Waals surface area (Å²) >= 11 is 0. The van der Waals surface area contributed by atoms with E-state index in [1.165, 1.54) is 12.1 Å². The van der Waals surface area contributed by atoms with Gasteiger partial charge >= 0.3 is 0 Å². The van der Waals surface area contributed by atoms with Gasteiger partial charge in [0.25, 0.3) is 5.91 Å². The first-order valence-corrected chi connectivity index (χ1v) is 13.9. The number of benzene rings is 3. The number of nitrogens with one attached hydrogen (secondary N) is 2. The van der Waals surface area contributed by atoms with Gasteiger partial charge in [0.2, 0.25) is 0 Å². The molecule has 3 rings (SSSR count). The molecule has 0 heterocycles. The molecule has 3 aromatic rings. The number of hydrogen-bond donors (Lipinski definition) is 3. The van der Waals surface area contributed by atoms with Gasteiger partial charge in [-0.2, -0.15) is 0 Å². The topological polar surface area (TPSA) is 73.8 Å². The molecular weight excluding hydrogens is 583 g/mol. The van der Waals surface area contributed by atoms with E-state index >= 15 is 0 Å². The molecule has 0 unspecified atom stereocenters. The van der Waals surface area contributed by atoms with Gasteiger partial charge in [0, 0.05) is 31.3 Å². The molecule has 3 aromatic carbocycles. The van der Waals surface area contributed by atoms with E-state index < -0.39 is 23.8 Å². The highest BCUT2D eigenvalue weighted by Crippen LogP contribution is 2.15. The van der Waals surface area contributed by atoms with E-state index in [9.17, 15) is 18.7 Å². The number of aliphatic hydroxyl groups is 1. The molecule has 0 aliphatic carbocycles. The third-order valence-electron chi connectivity index (χ3n) is 6.65. The highest BCUT2D eigenvalue weighted by Gasteiger charge is 2.23. The molecule has 10 heteroatoms. The Labute approximate surface area is 260 Å². The van der Waals surface area contributed by atoms with Crippen LogP contribution in [0.1, 0.15) is 53.7 Å². The zero-order valence-electron chi connectivity index (χ0n) is 24.4. The summed E-state index contributed by atoms with van der Waals surface area (Å²) in [5.41, 5.74) is 2.81. The van der Waals surface area contributed by atoms with E-state index in [4.69, 9.17) is 4.74 Å². The fourth-order valence-corrected chi connectivity index (χ4v) is 4.78. The second-order valence-electron chi connectivity index (χ2n) is 10.1. The van der Waals surface area contributed by atoms with E-state index in [1.807, 2.05) is 42.5 Å². The van der Waals surface area contributed by atoms with Crippen LogP contribution in [0.15, 0.2) is 66.7 Å². The summed E-state index contributed by atoms with van der Waals surface area (Å²) in [6, 6.07) is 17.5. The fraction of sp³-hybridized carbons (Fsp3) is 0.406. The van der Waals surface area contributed by atoms with Gasteiger partial charge in [-0.05, 0) is 85.4 Å². The standard InChI is InChI=1S/C32H41F2N3O3.2ClH/c1-4-12-37(13-5-2)22-24-9-6-10-26(14-24)32(39)36-30(18-25-15-27(33)19-28(34)16-25)31(38)21-35-20-23-8-7-11-29(17-23)40-3;;/h6-11,14-17,19,30-31,35,38H,4-5,12-13,18,20-22H2,1-3H3,(H,36,39);2*1H/t30-,31+;;/m0../s1. The molecule has 42 heavy (non-hydrogen) atoms. The number of hydrogen-bond acceptors (Lipinski definition) is 5. The van der Waals surface area contributed by atoms with E-state index in [0.717, 1.165) is 55.4 Å². The number of nitrogens with zero attached hydrogens (tertiary/aromatic N) is 1. The summed E-state index contributed by atoms with van der Waals surface area (Å²) in [7, 11) is 1.60. The lowest BCUT2D eigenvalue weighted by molar-refractivity contribution is 0.0829. The van der Waals surface area contributed by atoms with Gasteiger partial charge in [-0.15, -0.1) is 24.8 Å². The second kappa shape index (κ2) is 19.4. The molecule has 0 aliphatic heterocycles. The Balaban J connectivity index is 0.00000441. The lowest BCUT2D eigenvalue weighted by atomic mass is 9.99. The monoisotopic (exact) mass is 625 g/mol. The molecule has 0 saturated heterocycles. The Hall–Kier alpha value is -2.75. The van der Waals surface area contributed by atoms with Gasteiger partial charge in [-0.1, -0.05) is 38.1 Å². The Bertz CT molecular complexity index is 1210. The van der Waals surface area contributed by atoms with Crippen LogP contribution in [0.4, 0.5) is 8.78 Å². The van der Waals surface area contributed by atoms with Crippen LogP contribution in [0.3, 0.4) is 0 Å². The zero-order chi connectivity index (χ0) is 28.9. The normalized spacial score (nSPS) is 12.2. The van der Waals surface area contributed by atoms with Gasteiger partial charge < -0.3 is 20.5 Å². The fourth-order valence-electron chi connectivity index (χ4n) is 4.78. The van der Waals surface area contributed by atoms with Crippen molar-refractivity contribution in [3.05, 3.63) is 101 Å². The highest BCUT2D eigenvalue weighted by atomic mass is 35.5. The van der Waals surface area contributed by atoms with Crippen LogP contribution in [0.25, 0.3) is 0 Å². The first kappa shape index (κ1) is 37.3. The molecule has 0 fully saturated rings. The van der Waals surface area contributed by atoms with Crippen molar-refractivity contribution in [3.8, 4) is 5.75 Å². The van der Waals surface area contributed by atoms with Crippen molar-refractivity contribution in [1.29, 1.82) is 0 Å². The predicted molar refractivity (Wildman–Crippen MR) is 169 cm³/mol. The Morgan fingerprint density at radius 2 is 1.55 bits per heavy atom. The van der Waals surface area contributed by atoms with E-state index in [0.29, 0.717) is 17.7 Å². The third kappa shape index (κ3) is 12.2. The molecule has 0 aromatic heterocycles. The van der Waals surface area contributed by atoms with Crippen molar-refractivity contribution in [1.82, 2.24) is 15.5 Å². The molecule has 6 nitrogen and oxygen atoms in total. The van der Waals surface area contributed by atoms with Crippen LogP contribution in [-0.4, -0.2) is 54.8 Å². The third-order valence-corrected chi connectivity index (χ3v) is 6.65. The summed E-state index contributed by atoms with van der Waals surface area (Å²) in [5.74, 6) is -1.04. The maximum Gasteiger partial charge on any atom is 0.251 e. The summed E-state index contributed by atoms with van der Waals surface area (Å²) in [6.07, 6.45) is 1.13. The van der Waals surface area contributed by atoms with E-state index in [-0.39, 0.29) is 43.7 Å². The highest BCUT2D eigenvalue weighted by molar-refractivity contribution is 5.94. The Morgan fingerprint density at radius 1 is 0.905 bits per heavy atom. The summed E-state index contributed by atoms with van der Waals surface area (Å²) in [4.78, 5) is 15.7. The minimum Gasteiger partial charge on any atom is -0.497 e. The number of carbonyl (C=O) groups excluding carboxylic acids is 1. The number of carbonyl (C=O) groups is 1. The summed E-state index contributed by atoms with van der Waals surface area (Å²) in [6.45, 7) is 7.62. The summed E-state index contributed by atoms with van der Waals surface area (Å²) in [5, 5.41) is 17.2. The average Bonchev–Trinajstić information content (AvgIpc) is 2.92. The van der Waals surface area contributed by atoms with Crippen LogP contribution in [0, 0.1) is 11.6 Å². The van der Waals surface area contributed by atoms with Gasteiger partial charge in [-0.3, -0.25) is 9.69 Å². The first-order chi connectivity index (χ1) is 19.3. The minimum atomic E-state index is -1.02. The summed E-state index contributed by atoms with van der Waals surface area (Å²) < 4.78 is 33.1. The molecule has 0 spiro atoms. The van der Waals surface area contributed by atoms with Gasteiger partial charge in [0.15, 0.2) is 0 Å². The number of ether oxygens (including phenoxy) is 1. The van der Waals surface area contributed by atoms with Crippen molar-refractivity contribution in [2.24, 2.45) is 0 Å². The number of amides is 1. The number of aliphatic hydroxyl groups excluding tert-OH is 1. The zero-order valence-corrected chi connectivity index (χ0v) is 26.1. The molecule has 232 valence electrons. The minimum absolute atomic E-state index is 0. The van der Waals surface area contributed by atoms with Gasteiger partial charge in [0.05, 0.1) is 19.3 Å². The van der Waals surface area contributed by atoms with Crippen molar-refractivity contribution in [2.75, 3.05) is 26.7 Å². The predicted octanol–water partition coefficient (Wildman–Crippen LogP) is 5.93. The van der Waals surface area contributed by atoms with Crippen molar-refractivity contribution < 1.29 is 23.4 Å². The SMILES string of the molecule is CCCN(CCC)Cc1cccc(C(=O)N[C@@H](Cc2cc(F)cc(F)c2)[C@H](O)CNCc2cccc(OC)c2)c1.Cl.Cl. The molecule has 2 atom stereocenters.